The van der Waals surface area contributed by atoms with E-state index in [9.17, 15) is 9.59 Å². The number of hydrogen-bond donors (Lipinski definition) is 3. The lowest BCUT2D eigenvalue weighted by Crippen LogP contribution is -2.25. The molecule has 5 heteroatoms. The van der Waals surface area contributed by atoms with Crippen LogP contribution in [0.2, 0.25) is 0 Å². The molecule has 5 nitrogen and oxygen atoms in total. The minimum Gasteiger partial charge on any atom is -0.352 e. The van der Waals surface area contributed by atoms with E-state index in [0.717, 1.165) is 5.56 Å². The summed E-state index contributed by atoms with van der Waals surface area (Å²) in [6, 6.07) is 7.18. The third-order valence-electron chi connectivity index (χ3n) is 2.39. The van der Waals surface area contributed by atoms with E-state index in [1.165, 1.54) is 0 Å². The summed E-state index contributed by atoms with van der Waals surface area (Å²) in [7, 11) is 0. The lowest BCUT2D eigenvalue weighted by Gasteiger charge is -2.07. The Labute approximate surface area is 107 Å². The highest BCUT2D eigenvalue weighted by Gasteiger charge is 2.05. The molecule has 0 aromatic heterocycles. The average Bonchev–Trinajstić information content (AvgIpc) is 2.37. The maximum absolute atomic E-state index is 11.6. The molecule has 0 aliphatic rings. The SMILES string of the molecule is CCNC(=O)c1cccc(CNC(=O)CCN)c1. The van der Waals surface area contributed by atoms with Gasteiger partial charge in [0.05, 0.1) is 0 Å². The summed E-state index contributed by atoms with van der Waals surface area (Å²) >= 11 is 0. The Hall–Kier alpha value is -1.88. The lowest BCUT2D eigenvalue weighted by atomic mass is 10.1. The molecule has 0 unspecified atom stereocenters. The van der Waals surface area contributed by atoms with Crippen molar-refractivity contribution in [1.82, 2.24) is 10.6 Å². The summed E-state index contributed by atoms with van der Waals surface area (Å²) in [6.07, 6.45) is 0.315. The van der Waals surface area contributed by atoms with Crippen LogP contribution in [-0.4, -0.2) is 24.9 Å². The Morgan fingerprint density at radius 3 is 2.72 bits per heavy atom. The normalized spacial score (nSPS) is 9.89. The zero-order valence-corrected chi connectivity index (χ0v) is 10.5. The van der Waals surface area contributed by atoms with Crippen LogP contribution in [0.15, 0.2) is 24.3 Å². The smallest absolute Gasteiger partial charge is 0.251 e. The van der Waals surface area contributed by atoms with E-state index in [0.29, 0.717) is 31.6 Å². The lowest BCUT2D eigenvalue weighted by molar-refractivity contribution is -0.121. The fourth-order valence-corrected chi connectivity index (χ4v) is 1.51. The van der Waals surface area contributed by atoms with Crippen molar-refractivity contribution in [2.45, 2.75) is 19.9 Å². The number of amides is 2. The number of nitrogens with two attached hydrogens (primary N) is 1. The Morgan fingerprint density at radius 2 is 2.06 bits per heavy atom. The van der Waals surface area contributed by atoms with Crippen LogP contribution in [0.25, 0.3) is 0 Å². The number of hydrogen-bond acceptors (Lipinski definition) is 3. The van der Waals surface area contributed by atoms with Crippen LogP contribution in [0.5, 0.6) is 0 Å². The van der Waals surface area contributed by atoms with Gasteiger partial charge in [-0.3, -0.25) is 9.59 Å². The first-order valence-electron chi connectivity index (χ1n) is 6.01. The van der Waals surface area contributed by atoms with Crippen LogP contribution in [0, 0.1) is 0 Å². The predicted octanol–water partition coefficient (Wildman–Crippen LogP) is 0.401. The van der Waals surface area contributed by atoms with Crippen molar-refractivity contribution in [3.63, 3.8) is 0 Å². The maximum atomic E-state index is 11.6. The molecular formula is C13H19N3O2. The standard InChI is InChI=1S/C13H19N3O2/c1-2-15-13(18)11-5-3-4-10(8-11)9-16-12(17)6-7-14/h3-5,8H,2,6-7,9,14H2,1H3,(H,15,18)(H,16,17). The largest absolute Gasteiger partial charge is 0.352 e. The van der Waals surface area contributed by atoms with Crippen molar-refractivity contribution in [2.24, 2.45) is 5.73 Å². The first kappa shape index (κ1) is 14.2. The van der Waals surface area contributed by atoms with Crippen molar-refractivity contribution >= 4 is 11.8 Å². The molecule has 0 aliphatic heterocycles. The van der Waals surface area contributed by atoms with E-state index >= 15 is 0 Å². The minimum atomic E-state index is -0.104. The van der Waals surface area contributed by atoms with Crippen LogP contribution in [0.4, 0.5) is 0 Å². The zero-order chi connectivity index (χ0) is 13.4. The molecule has 2 amide bonds. The summed E-state index contributed by atoms with van der Waals surface area (Å²) < 4.78 is 0. The summed E-state index contributed by atoms with van der Waals surface area (Å²) in [6.45, 7) is 3.21. The van der Waals surface area contributed by atoms with Crippen LogP contribution >= 0.6 is 0 Å². The first-order chi connectivity index (χ1) is 8.67. The average molecular weight is 249 g/mol. The van der Waals surface area contributed by atoms with E-state index in [1.807, 2.05) is 13.0 Å². The molecule has 0 heterocycles. The summed E-state index contributed by atoms with van der Waals surface area (Å²) in [5.74, 6) is -0.187. The van der Waals surface area contributed by atoms with Crippen LogP contribution in [0.1, 0.15) is 29.3 Å². The number of nitrogens with one attached hydrogen (secondary N) is 2. The van der Waals surface area contributed by atoms with Gasteiger partial charge >= 0.3 is 0 Å². The molecule has 0 spiro atoms. The molecule has 0 atom stereocenters. The number of benzene rings is 1. The molecular weight excluding hydrogens is 230 g/mol. The first-order valence-corrected chi connectivity index (χ1v) is 6.01. The van der Waals surface area contributed by atoms with Gasteiger partial charge in [0.25, 0.3) is 5.91 Å². The molecule has 1 rings (SSSR count). The number of carbonyl (C=O) groups is 2. The quantitative estimate of drug-likeness (QED) is 0.682. The van der Waals surface area contributed by atoms with E-state index < -0.39 is 0 Å². The van der Waals surface area contributed by atoms with Crippen LogP contribution in [-0.2, 0) is 11.3 Å². The summed E-state index contributed by atoms with van der Waals surface area (Å²) in [4.78, 5) is 22.9. The second-order valence-corrected chi connectivity index (χ2v) is 3.88. The summed E-state index contributed by atoms with van der Waals surface area (Å²) in [5, 5.41) is 5.48. The molecule has 0 saturated carbocycles. The van der Waals surface area contributed by atoms with Crippen LogP contribution < -0.4 is 16.4 Å². The molecule has 4 N–H and O–H groups in total. The minimum absolute atomic E-state index is 0.0825. The number of carbonyl (C=O) groups excluding carboxylic acids is 2. The maximum Gasteiger partial charge on any atom is 0.251 e. The molecule has 0 radical (unpaired) electrons. The Bertz CT molecular complexity index is 418. The van der Waals surface area contributed by atoms with Gasteiger partial charge in [-0.2, -0.15) is 0 Å². The fourth-order valence-electron chi connectivity index (χ4n) is 1.51. The van der Waals surface area contributed by atoms with E-state index in [4.69, 9.17) is 5.73 Å². The third-order valence-corrected chi connectivity index (χ3v) is 2.39. The van der Waals surface area contributed by atoms with Gasteiger partial charge in [0.1, 0.15) is 0 Å². The van der Waals surface area contributed by atoms with Gasteiger partial charge in [0.15, 0.2) is 0 Å². The van der Waals surface area contributed by atoms with Crippen molar-refractivity contribution in [1.29, 1.82) is 0 Å². The second-order valence-electron chi connectivity index (χ2n) is 3.88. The molecule has 1 aromatic carbocycles. The molecule has 0 aliphatic carbocycles. The van der Waals surface area contributed by atoms with E-state index in [-0.39, 0.29) is 11.8 Å². The van der Waals surface area contributed by atoms with Gasteiger partial charge in [-0.25, -0.2) is 0 Å². The highest BCUT2D eigenvalue weighted by Crippen LogP contribution is 2.05. The Kier molecular flexibility index (Phi) is 5.87. The third kappa shape index (κ3) is 4.55. The molecule has 98 valence electrons. The molecule has 18 heavy (non-hydrogen) atoms. The van der Waals surface area contributed by atoms with Gasteiger partial charge in [-0.1, -0.05) is 12.1 Å². The van der Waals surface area contributed by atoms with Crippen molar-refractivity contribution in [3.8, 4) is 0 Å². The molecule has 0 saturated heterocycles. The van der Waals surface area contributed by atoms with Crippen LogP contribution in [0.3, 0.4) is 0 Å². The van der Waals surface area contributed by atoms with Gasteiger partial charge in [-0.15, -0.1) is 0 Å². The Morgan fingerprint density at radius 1 is 1.28 bits per heavy atom. The molecule has 0 fully saturated rings. The van der Waals surface area contributed by atoms with Crippen molar-refractivity contribution in [2.75, 3.05) is 13.1 Å². The topological polar surface area (TPSA) is 84.2 Å². The van der Waals surface area contributed by atoms with Gasteiger partial charge in [0, 0.05) is 31.6 Å². The van der Waals surface area contributed by atoms with E-state index in [2.05, 4.69) is 10.6 Å². The molecule has 1 aromatic rings. The zero-order valence-electron chi connectivity index (χ0n) is 10.5. The Balaban J connectivity index is 2.59. The summed E-state index contributed by atoms with van der Waals surface area (Å²) in [5.41, 5.74) is 6.77. The predicted molar refractivity (Wildman–Crippen MR) is 70.0 cm³/mol. The van der Waals surface area contributed by atoms with E-state index in [1.54, 1.807) is 18.2 Å². The monoisotopic (exact) mass is 249 g/mol. The molecule has 0 bridgehead atoms. The number of rotatable bonds is 6. The fraction of sp³-hybridized carbons (Fsp3) is 0.385. The second kappa shape index (κ2) is 7.45. The van der Waals surface area contributed by atoms with Crippen molar-refractivity contribution < 1.29 is 9.59 Å². The van der Waals surface area contributed by atoms with Gasteiger partial charge in [-0.05, 0) is 24.6 Å². The van der Waals surface area contributed by atoms with Gasteiger partial charge < -0.3 is 16.4 Å². The highest BCUT2D eigenvalue weighted by atomic mass is 16.2. The van der Waals surface area contributed by atoms with Crippen molar-refractivity contribution in [3.05, 3.63) is 35.4 Å². The van der Waals surface area contributed by atoms with Gasteiger partial charge in [0.2, 0.25) is 5.91 Å². The highest BCUT2D eigenvalue weighted by molar-refractivity contribution is 5.94.